The lowest BCUT2D eigenvalue weighted by Crippen LogP contribution is -2.49. The van der Waals surface area contributed by atoms with Crippen molar-refractivity contribution in [3.05, 3.63) is 41.7 Å². The van der Waals surface area contributed by atoms with Crippen LogP contribution in [0.4, 0.5) is 0 Å². The molecule has 0 aromatic carbocycles. The number of aliphatic hydroxyl groups is 1. The Balaban J connectivity index is 1.29. The molecule has 1 saturated carbocycles. The number of hydrogen-bond acceptors (Lipinski definition) is 6. The van der Waals surface area contributed by atoms with Crippen molar-refractivity contribution in [1.82, 2.24) is 15.0 Å². The molecule has 24 heavy (non-hydrogen) atoms. The summed E-state index contributed by atoms with van der Waals surface area (Å²) in [5.74, 6) is 1.79. The van der Waals surface area contributed by atoms with E-state index in [0.717, 1.165) is 31.7 Å². The Morgan fingerprint density at radius 2 is 2.12 bits per heavy atom. The summed E-state index contributed by atoms with van der Waals surface area (Å²) >= 11 is 0. The van der Waals surface area contributed by atoms with E-state index in [9.17, 15) is 9.90 Å². The maximum absolute atomic E-state index is 12.5. The molecule has 2 aliphatic rings. The molecular weight excluding hydrogens is 310 g/mol. The number of furan rings is 1. The SMILES string of the molecule is O=C(c1cc(C2CC2)on1)N1CCN(C[C@H](O)c2ccco2)CC1. The Morgan fingerprint density at radius 3 is 2.79 bits per heavy atom. The van der Waals surface area contributed by atoms with Crippen LogP contribution in [0.3, 0.4) is 0 Å². The van der Waals surface area contributed by atoms with Gasteiger partial charge in [0.05, 0.1) is 6.26 Å². The van der Waals surface area contributed by atoms with Crippen LogP contribution in [0.5, 0.6) is 0 Å². The third-order valence-electron chi connectivity index (χ3n) is 4.69. The van der Waals surface area contributed by atoms with Gasteiger partial charge < -0.3 is 18.9 Å². The van der Waals surface area contributed by atoms with E-state index < -0.39 is 6.10 Å². The molecule has 1 aliphatic heterocycles. The van der Waals surface area contributed by atoms with Crippen molar-refractivity contribution in [2.45, 2.75) is 24.9 Å². The predicted octanol–water partition coefficient (Wildman–Crippen LogP) is 1.64. The van der Waals surface area contributed by atoms with E-state index in [-0.39, 0.29) is 5.91 Å². The Labute approximate surface area is 139 Å². The second-order valence-corrected chi connectivity index (χ2v) is 6.51. The van der Waals surface area contributed by atoms with Crippen molar-refractivity contribution < 1.29 is 18.8 Å². The van der Waals surface area contributed by atoms with Crippen LogP contribution in [-0.2, 0) is 0 Å². The topological polar surface area (TPSA) is 83.0 Å². The Morgan fingerprint density at radius 1 is 1.33 bits per heavy atom. The predicted molar refractivity (Wildman–Crippen MR) is 84.5 cm³/mol. The van der Waals surface area contributed by atoms with Crippen molar-refractivity contribution in [3.63, 3.8) is 0 Å². The Kier molecular flexibility index (Phi) is 4.12. The summed E-state index contributed by atoms with van der Waals surface area (Å²) < 4.78 is 10.5. The summed E-state index contributed by atoms with van der Waals surface area (Å²) in [5, 5.41) is 14.1. The number of rotatable bonds is 5. The highest BCUT2D eigenvalue weighted by molar-refractivity contribution is 5.92. The number of carbonyl (C=O) groups is 1. The monoisotopic (exact) mass is 331 g/mol. The highest BCUT2D eigenvalue weighted by Gasteiger charge is 2.31. The molecule has 7 nitrogen and oxygen atoms in total. The molecule has 0 unspecified atom stereocenters. The van der Waals surface area contributed by atoms with Crippen LogP contribution >= 0.6 is 0 Å². The van der Waals surface area contributed by atoms with Gasteiger partial charge in [0.1, 0.15) is 17.6 Å². The summed E-state index contributed by atoms with van der Waals surface area (Å²) in [4.78, 5) is 16.4. The van der Waals surface area contributed by atoms with Crippen LogP contribution in [0, 0.1) is 0 Å². The summed E-state index contributed by atoms with van der Waals surface area (Å²) in [6, 6.07) is 5.32. The fourth-order valence-electron chi connectivity index (χ4n) is 3.06. The van der Waals surface area contributed by atoms with E-state index in [4.69, 9.17) is 8.94 Å². The third kappa shape index (κ3) is 3.22. The standard InChI is InChI=1S/C17H21N3O4/c21-14(15-2-1-9-23-15)11-19-5-7-20(8-6-19)17(22)13-10-16(24-18-13)12-3-4-12/h1-2,9-10,12,14,21H,3-8,11H2/t14-/m0/s1. The van der Waals surface area contributed by atoms with Crippen molar-refractivity contribution in [2.24, 2.45) is 0 Å². The first-order valence-electron chi connectivity index (χ1n) is 8.40. The van der Waals surface area contributed by atoms with Crippen LogP contribution in [0.1, 0.15) is 46.9 Å². The molecular formula is C17H21N3O4. The van der Waals surface area contributed by atoms with Crippen molar-refractivity contribution >= 4 is 5.91 Å². The summed E-state index contributed by atoms with van der Waals surface area (Å²) in [6.45, 7) is 3.18. The lowest BCUT2D eigenvalue weighted by Gasteiger charge is -2.34. The first-order valence-corrected chi connectivity index (χ1v) is 8.40. The van der Waals surface area contributed by atoms with E-state index in [1.165, 1.54) is 0 Å². The molecule has 1 N–H and O–H groups in total. The van der Waals surface area contributed by atoms with Gasteiger partial charge in [-0.25, -0.2) is 0 Å². The molecule has 0 spiro atoms. The highest BCUT2D eigenvalue weighted by Crippen LogP contribution is 2.40. The average molecular weight is 331 g/mol. The minimum atomic E-state index is -0.640. The molecule has 128 valence electrons. The van der Waals surface area contributed by atoms with Gasteiger partial charge in [-0.3, -0.25) is 9.69 Å². The lowest BCUT2D eigenvalue weighted by atomic mass is 10.2. The van der Waals surface area contributed by atoms with E-state index in [2.05, 4.69) is 10.1 Å². The molecule has 7 heteroatoms. The van der Waals surface area contributed by atoms with Gasteiger partial charge in [0, 0.05) is 44.7 Å². The quantitative estimate of drug-likeness (QED) is 0.897. The minimum absolute atomic E-state index is 0.0723. The van der Waals surface area contributed by atoms with Crippen LogP contribution in [-0.4, -0.2) is 58.7 Å². The van der Waals surface area contributed by atoms with Gasteiger partial charge in [0.25, 0.3) is 5.91 Å². The number of amides is 1. The van der Waals surface area contributed by atoms with Gasteiger partial charge in [-0.15, -0.1) is 0 Å². The van der Waals surface area contributed by atoms with Gasteiger partial charge in [-0.2, -0.15) is 0 Å². The molecule has 2 aromatic heterocycles. The molecule has 0 radical (unpaired) electrons. The average Bonchev–Trinajstić information content (AvgIpc) is 3.12. The first-order chi connectivity index (χ1) is 11.7. The number of hydrogen-bond donors (Lipinski definition) is 1. The number of carbonyl (C=O) groups excluding carboxylic acids is 1. The molecule has 3 heterocycles. The smallest absolute Gasteiger partial charge is 0.276 e. The van der Waals surface area contributed by atoms with Gasteiger partial charge >= 0.3 is 0 Å². The minimum Gasteiger partial charge on any atom is -0.467 e. The van der Waals surface area contributed by atoms with Gasteiger partial charge in [-0.1, -0.05) is 5.16 Å². The van der Waals surface area contributed by atoms with Crippen LogP contribution < -0.4 is 0 Å². The van der Waals surface area contributed by atoms with Gasteiger partial charge in [-0.05, 0) is 25.0 Å². The molecule has 4 rings (SSSR count). The molecule has 1 amide bonds. The lowest BCUT2D eigenvalue weighted by molar-refractivity contribution is 0.0479. The van der Waals surface area contributed by atoms with E-state index in [1.54, 1.807) is 29.4 Å². The summed E-state index contributed by atoms with van der Waals surface area (Å²) in [6.07, 6.45) is 3.17. The van der Waals surface area contributed by atoms with E-state index in [1.807, 2.05) is 0 Å². The zero-order valence-electron chi connectivity index (χ0n) is 13.4. The molecule has 1 aliphatic carbocycles. The molecule has 1 atom stereocenters. The van der Waals surface area contributed by atoms with E-state index in [0.29, 0.717) is 37.0 Å². The fourth-order valence-corrected chi connectivity index (χ4v) is 3.06. The Bertz CT molecular complexity index is 685. The second kappa shape index (κ2) is 6.41. The molecule has 2 fully saturated rings. The van der Waals surface area contributed by atoms with E-state index >= 15 is 0 Å². The van der Waals surface area contributed by atoms with Crippen molar-refractivity contribution in [2.75, 3.05) is 32.7 Å². The second-order valence-electron chi connectivity index (χ2n) is 6.51. The number of piperazine rings is 1. The van der Waals surface area contributed by atoms with Crippen molar-refractivity contribution in [1.29, 1.82) is 0 Å². The molecule has 1 saturated heterocycles. The maximum atomic E-state index is 12.5. The number of nitrogens with zero attached hydrogens (tertiary/aromatic N) is 3. The zero-order valence-corrected chi connectivity index (χ0v) is 13.4. The number of aromatic nitrogens is 1. The van der Waals surface area contributed by atoms with Gasteiger partial charge in [0.2, 0.25) is 0 Å². The highest BCUT2D eigenvalue weighted by atomic mass is 16.5. The zero-order chi connectivity index (χ0) is 16.5. The Hall–Kier alpha value is -2.12. The summed E-state index contributed by atoms with van der Waals surface area (Å²) in [5.41, 5.74) is 0.404. The third-order valence-corrected chi connectivity index (χ3v) is 4.69. The molecule has 2 aromatic rings. The first kappa shape index (κ1) is 15.4. The van der Waals surface area contributed by atoms with Crippen LogP contribution in [0.2, 0.25) is 0 Å². The molecule has 0 bridgehead atoms. The largest absolute Gasteiger partial charge is 0.467 e. The van der Waals surface area contributed by atoms with Crippen LogP contribution in [0.15, 0.2) is 33.4 Å². The fraction of sp³-hybridized carbons (Fsp3) is 0.529. The van der Waals surface area contributed by atoms with Crippen molar-refractivity contribution in [3.8, 4) is 0 Å². The van der Waals surface area contributed by atoms with Crippen LogP contribution in [0.25, 0.3) is 0 Å². The normalized spacial score (nSPS) is 20.3. The number of β-amino-alcohol motifs (C(OH)–C–C–N with tert-alkyl or cyclic N) is 1. The number of aliphatic hydroxyl groups excluding tert-OH is 1. The maximum Gasteiger partial charge on any atom is 0.276 e. The van der Waals surface area contributed by atoms with Gasteiger partial charge in [0.15, 0.2) is 5.69 Å². The summed E-state index contributed by atoms with van der Waals surface area (Å²) in [7, 11) is 0.